The molecule has 2 N–H and O–H groups in total. The summed E-state index contributed by atoms with van der Waals surface area (Å²) in [4.78, 5) is 0. The molecule has 0 amide bonds. The van der Waals surface area contributed by atoms with Gasteiger partial charge in [-0.05, 0) is 129 Å². The highest BCUT2D eigenvalue weighted by Crippen LogP contribution is 2.41. The molecule has 1 aliphatic rings. The number of nitrogens with two attached hydrogens (primary N) is 1. The number of benzene rings is 8. The molecule has 0 aliphatic heterocycles. The topological polar surface area (TPSA) is 30.9 Å². The molecule has 3 heteroatoms. The number of hydrogen-bond acceptors (Lipinski definition) is 2. The first kappa shape index (κ1) is 30.9. The van der Waals surface area contributed by atoms with Gasteiger partial charge in [0.15, 0.2) is 0 Å². The summed E-state index contributed by atoms with van der Waals surface area (Å²) in [7, 11) is 0. The van der Waals surface area contributed by atoms with Crippen LogP contribution >= 0.6 is 11.3 Å². The summed E-state index contributed by atoms with van der Waals surface area (Å²) in [6.07, 6.45) is 3.08. The lowest BCUT2D eigenvalue weighted by Crippen LogP contribution is -1.98. The molecule has 11 rings (SSSR count). The van der Waals surface area contributed by atoms with Gasteiger partial charge in [0.05, 0.1) is 11.0 Å². The van der Waals surface area contributed by atoms with Gasteiger partial charge in [0, 0.05) is 42.3 Å². The standard InChI is InChI=1S/C51H34N2S/c52-47(31-37-12-9-18-41-40-16-5-4-10-36(40)30-43(37)41)38-13-8-11-32(26-38)33-20-23-48-44(27-33)45-28-34(21-24-49(45)53(48)39-14-2-1-3-15-39)35-22-25-51-46(29-35)42-17-6-7-19-50(42)54-51/h1-29,31H,30,52H2/b47-31-. The van der Waals surface area contributed by atoms with E-state index in [0.717, 1.165) is 34.5 Å². The van der Waals surface area contributed by atoms with Crippen LogP contribution in [0.3, 0.4) is 0 Å². The zero-order valence-corrected chi connectivity index (χ0v) is 30.3. The quantitative estimate of drug-likeness (QED) is 0.178. The molecule has 254 valence electrons. The highest BCUT2D eigenvalue weighted by Gasteiger charge is 2.20. The van der Waals surface area contributed by atoms with E-state index < -0.39 is 0 Å². The van der Waals surface area contributed by atoms with E-state index in [0.29, 0.717) is 0 Å². The van der Waals surface area contributed by atoms with Crippen molar-refractivity contribution < 1.29 is 0 Å². The van der Waals surface area contributed by atoms with Gasteiger partial charge in [0.25, 0.3) is 0 Å². The number of thiophene rings is 1. The molecule has 0 atom stereocenters. The first-order valence-electron chi connectivity index (χ1n) is 18.5. The largest absolute Gasteiger partial charge is 0.398 e. The lowest BCUT2D eigenvalue weighted by atomic mass is 9.97. The summed E-state index contributed by atoms with van der Waals surface area (Å²) in [5, 5.41) is 5.10. The van der Waals surface area contributed by atoms with Crippen LogP contribution in [0.25, 0.3) is 92.8 Å². The smallest absolute Gasteiger partial charge is 0.0541 e. The van der Waals surface area contributed by atoms with Gasteiger partial charge in [-0.1, -0.05) is 115 Å². The van der Waals surface area contributed by atoms with Crippen LogP contribution in [-0.2, 0) is 6.42 Å². The fourth-order valence-electron chi connectivity index (χ4n) is 8.59. The lowest BCUT2D eigenvalue weighted by molar-refractivity contribution is 1.18. The second-order valence-electron chi connectivity index (χ2n) is 14.3. The number of nitrogens with zero attached hydrogens (tertiary/aromatic N) is 1. The predicted octanol–water partition coefficient (Wildman–Crippen LogP) is 13.5. The summed E-state index contributed by atoms with van der Waals surface area (Å²) in [6, 6.07) is 64.1. The minimum Gasteiger partial charge on any atom is -0.398 e. The van der Waals surface area contributed by atoms with E-state index in [9.17, 15) is 0 Å². The van der Waals surface area contributed by atoms with Crippen LogP contribution in [0.5, 0.6) is 0 Å². The molecule has 2 heterocycles. The average molecular weight is 707 g/mol. The van der Waals surface area contributed by atoms with Gasteiger partial charge in [0.1, 0.15) is 0 Å². The Labute approximate surface area is 317 Å². The Morgan fingerprint density at radius 3 is 1.94 bits per heavy atom. The van der Waals surface area contributed by atoms with Crippen molar-refractivity contribution in [2.24, 2.45) is 5.73 Å². The van der Waals surface area contributed by atoms with Crippen LogP contribution in [0.2, 0.25) is 0 Å². The Hall–Kier alpha value is -6.68. The van der Waals surface area contributed by atoms with Crippen LogP contribution in [0.1, 0.15) is 22.3 Å². The van der Waals surface area contributed by atoms with Crippen molar-refractivity contribution in [1.29, 1.82) is 0 Å². The van der Waals surface area contributed by atoms with Gasteiger partial charge in [-0.15, -0.1) is 11.3 Å². The third-order valence-corrected chi connectivity index (χ3v) is 12.4. The van der Waals surface area contributed by atoms with E-state index in [1.165, 1.54) is 80.9 Å². The Bertz CT molecular complexity index is 3140. The number of para-hydroxylation sites is 1. The maximum Gasteiger partial charge on any atom is 0.0541 e. The summed E-state index contributed by atoms with van der Waals surface area (Å²) in [5.41, 5.74) is 23.5. The molecule has 1 aliphatic carbocycles. The second kappa shape index (κ2) is 12.2. The van der Waals surface area contributed by atoms with Crippen LogP contribution in [0.15, 0.2) is 176 Å². The summed E-state index contributed by atoms with van der Waals surface area (Å²) in [5.74, 6) is 0. The molecule has 8 aromatic carbocycles. The molecule has 0 unspecified atom stereocenters. The minimum atomic E-state index is 0.767. The van der Waals surface area contributed by atoms with Crippen molar-refractivity contribution in [3.05, 3.63) is 198 Å². The molecular weight excluding hydrogens is 673 g/mol. The summed E-state index contributed by atoms with van der Waals surface area (Å²) < 4.78 is 5.04. The molecule has 0 fully saturated rings. The zero-order chi connectivity index (χ0) is 35.8. The Balaban J connectivity index is 1.02. The zero-order valence-electron chi connectivity index (χ0n) is 29.5. The van der Waals surface area contributed by atoms with E-state index in [4.69, 9.17) is 5.73 Å². The highest BCUT2D eigenvalue weighted by atomic mass is 32.1. The SMILES string of the molecule is N/C(=C\c1cccc2c1Cc1ccccc1-2)c1cccc(-c2ccc3c(c2)c2cc(-c4ccc5sc6ccccc6c5c4)ccc2n3-c2ccccc2)c1. The number of hydrogen-bond donors (Lipinski definition) is 1. The van der Waals surface area contributed by atoms with Crippen LogP contribution in [0, 0.1) is 0 Å². The maximum absolute atomic E-state index is 6.89. The molecule has 10 aromatic rings. The monoisotopic (exact) mass is 706 g/mol. The lowest BCUT2D eigenvalue weighted by Gasteiger charge is -2.10. The van der Waals surface area contributed by atoms with E-state index in [-0.39, 0.29) is 0 Å². The van der Waals surface area contributed by atoms with Gasteiger partial charge in [-0.2, -0.15) is 0 Å². The molecular formula is C51H34N2S. The molecule has 0 spiro atoms. The Morgan fingerprint density at radius 2 is 1.13 bits per heavy atom. The van der Waals surface area contributed by atoms with Gasteiger partial charge in [-0.3, -0.25) is 0 Å². The van der Waals surface area contributed by atoms with Crippen molar-refractivity contribution >= 4 is 65.1 Å². The molecule has 0 saturated carbocycles. The Morgan fingerprint density at radius 1 is 0.500 bits per heavy atom. The van der Waals surface area contributed by atoms with Crippen molar-refractivity contribution in [2.75, 3.05) is 0 Å². The second-order valence-corrected chi connectivity index (χ2v) is 15.4. The fourth-order valence-corrected chi connectivity index (χ4v) is 9.68. The average Bonchev–Trinajstić information content (AvgIpc) is 3.90. The maximum atomic E-state index is 6.89. The van der Waals surface area contributed by atoms with Crippen molar-refractivity contribution in [1.82, 2.24) is 4.57 Å². The molecule has 0 radical (unpaired) electrons. The summed E-state index contributed by atoms with van der Waals surface area (Å²) >= 11 is 1.86. The highest BCUT2D eigenvalue weighted by molar-refractivity contribution is 7.25. The predicted molar refractivity (Wildman–Crippen MR) is 231 cm³/mol. The third-order valence-electron chi connectivity index (χ3n) is 11.2. The molecule has 0 bridgehead atoms. The van der Waals surface area contributed by atoms with E-state index >= 15 is 0 Å². The van der Waals surface area contributed by atoms with Gasteiger partial charge >= 0.3 is 0 Å². The molecule has 2 nitrogen and oxygen atoms in total. The van der Waals surface area contributed by atoms with Crippen molar-refractivity contribution in [3.8, 4) is 39.1 Å². The van der Waals surface area contributed by atoms with E-state index in [1.807, 2.05) is 11.3 Å². The number of rotatable bonds is 5. The summed E-state index contributed by atoms with van der Waals surface area (Å²) in [6.45, 7) is 0. The van der Waals surface area contributed by atoms with Crippen molar-refractivity contribution in [2.45, 2.75) is 6.42 Å². The van der Waals surface area contributed by atoms with Gasteiger partial charge in [0.2, 0.25) is 0 Å². The number of aromatic nitrogens is 1. The normalized spacial score (nSPS) is 12.6. The minimum absolute atomic E-state index is 0.767. The van der Waals surface area contributed by atoms with Crippen LogP contribution in [-0.4, -0.2) is 4.57 Å². The number of fused-ring (bicyclic) bond motifs is 9. The van der Waals surface area contributed by atoms with E-state index in [1.54, 1.807) is 0 Å². The first-order valence-corrected chi connectivity index (χ1v) is 19.3. The van der Waals surface area contributed by atoms with Gasteiger partial charge in [-0.25, -0.2) is 0 Å². The van der Waals surface area contributed by atoms with Crippen LogP contribution < -0.4 is 5.73 Å². The van der Waals surface area contributed by atoms with Crippen LogP contribution in [0.4, 0.5) is 0 Å². The Kier molecular flexibility index (Phi) is 6.98. The van der Waals surface area contributed by atoms with E-state index in [2.05, 4.69) is 187 Å². The van der Waals surface area contributed by atoms with Crippen molar-refractivity contribution in [3.63, 3.8) is 0 Å². The molecule has 2 aromatic heterocycles. The molecule has 54 heavy (non-hydrogen) atoms. The molecule has 0 saturated heterocycles. The third kappa shape index (κ3) is 4.93. The first-order chi connectivity index (χ1) is 26.7. The van der Waals surface area contributed by atoms with Gasteiger partial charge < -0.3 is 10.3 Å². The fraction of sp³-hybridized carbons (Fsp3) is 0.0196.